The monoisotopic (exact) mass is 526 g/mol. The summed E-state index contributed by atoms with van der Waals surface area (Å²) in [4.78, 5) is 28.4. The van der Waals surface area contributed by atoms with Crippen LogP contribution < -0.4 is 15.4 Å². The average Bonchev–Trinajstić information content (AvgIpc) is 3.30. The van der Waals surface area contributed by atoms with Gasteiger partial charge in [0.2, 0.25) is 6.41 Å². The van der Waals surface area contributed by atoms with Crippen molar-refractivity contribution < 1.29 is 19.4 Å². The summed E-state index contributed by atoms with van der Waals surface area (Å²) in [5.41, 5.74) is 3.23. The van der Waals surface area contributed by atoms with E-state index < -0.39 is 0 Å². The number of imidazole rings is 1. The molecule has 2 amide bonds. The number of aliphatic hydroxyl groups is 1. The highest BCUT2D eigenvalue weighted by Crippen LogP contribution is 2.27. The number of halogens is 1. The highest BCUT2D eigenvalue weighted by atomic mass is 35.5. The van der Waals surface area contributed by atoms with E-state index in [1.807, 2.05) is 62.7 Å². The molecule has 37 heavy (non-hydrogen) atoms. The van der Waals surface area contributed by atoms with Crippen LogP contribution in [0, 0.1) is 0 Å². The number of ether oxygens (including phenoxy) is 1. The van der Waals surface area contributed by atoms with Gasteiger partial charge < -0.3 is 25.0 Å². The smallest absolute Gasteiger partial charge is 0.251 e. The number of carbonyl (C=O) groups is 2. The summed E-state index contributed by atoms with van der Waals surface area (Å²) in [6.07, 6.45) is 3.61. The lowest BCUT2D eigenvalue weighted by atomic mass is 10.0. The van der Waals surface area contributed by atoms with Crippen molar-refractivity contribution in [2.24, 2.45) is 0 Å². The van der Waals surface area contributed by atoms with Crippen molar-refractivity contribution in [1.29, 1.82) is 0 Å². The van der Waals surface area contributed by atoms with Crippen LogP contribution in [0.4, 0.5) is 0 Å². The van der Waals surface area contributed by atoms with Crippen molar-refractivity contribution in [1.82, 2.24) is 20.2 Å². The zero-order valence-corrected chi connectivity index (χ0v) is 22.5. The molecule has 0 spiro atoms. The van der Waals surface area contributed by atoms with Gasteiger partial charge in [-0.1, -0.05) is 35.9 Å². The molecule has 0 fully saturated rings. The van der Waals surface area contributed by atoms with Crippen LogP contribution in [0.25, 0.3) is 11.3 Å². The number of hydrogen-bond donors (Lipinski definition) is 3. The third kappa shape index (κ3) is 7.57. The van der Waals surface area contributed by atoms with Crippen molar-refractivity contribution >= 4 is 23.9 Å². The Morgan fingerprint density at radius 2 is 1.92 bits per heavy atom. The van der Waals surface area contributed by atoms with E-state index in [-0.39, 0.29) is 30.7 Å². The largest absolute Gasteiger partial charge is 0.489 e. The maximum absolute atomic E-state index is 12.9. The normalized spacial score (nSPS) is 12.7. The number of nitrogens with zero attached hydrogens (tertiary/aromatic N) is 2. The lowest BCUT2D eigenvalue weighted by Gasteiger charge is -2.19. The first-order chi connectivity index (χ1) is 17.7. The first kappa shape index (κ1) is 28.2. The van der Waals surface area contributed by atoms with Crippen molar-refractivity contribution in [3.8, 4) is 17.0 Å². The Kier molecular flexibility index (Phi) is 10.1. The molecule has 1 aromatic heterocycles. The Labute approximate surface area is 223 Å². The van der Waals surface area contributed by atoms with Gasteiger partial charge in [-0.15, -0.1) is 0 Å². The molecular formula is C28H35ClN4O4. The molecule has 0 saturated heterocycles. The summed E-state index contributed by atoms with van der Waals surface area (Å²) in [5, 5.41) is 15.7. The Hall–Kier alpha value is -3.36. The van der Waals surface area contributed by atoms with E-state index in [1.54, 1.807) is 18.2 Å². The highest BCUT2D eigenvalue weighted by Gasteiger charge is 2.17. The Bertz CT molecular complexity index is 1190. The number of aliphatic hydroxyl groups excluding tert-OH is 1. The highest BCUT2D eigenvalue weighted by molar-refractivity contribution is 6.32. The van der Waals surface area contributed by atoms with Gasteiger partial charge in [0.1, 0.15) is 11.6 Å². The summed E-state index contributed by atoms with van der Waals surface area (Å²) in [6, 6.07) is 12.5. The minimum Gasteiger partial charge on any atom is -0.489 e. The first-order valence-electron chi connectivity index (χ1n) is 12.5. The van der Waals surface area contributed by atoms with Crippen molar-refractivity contribution in [2.75, 3.05) is 6.61 Å². The van der Waals surface area contributed by atoms with Crippen molar-refractivity contribution in [3.05, 3.63) is 70.6 Å². The molecule has 0 saturated carbocycles. The Morgan fingerprint density at radius 3 is 2.51 bits per heavy atom. The van der Waals surface area contributed by atoms with Gasteiger partial charge in [0.15, 0.2) is 0 Å². The molecule has 0 aliphatic heterocycles. The number of hydrogen-bond acceptors (Lipinski definition) is 5. The van der Waals surface area contributed by atoms with E-state index in [0.717, 1.165) is 29.2 Å². The van der Waals surface area contributed by atoms with Crippen molar-refractivity contribution in [3.63, 3.8) is 0 Å². The van der Waals surface area contributed by atoms with Gasteiger partial charge in [-0.05, 0) is 64.3 Å². The summed E-state index contributed by atoms with van der Waals surface area (Å²) in [5.74, 6) is 1.07. The molecular weight excluding hydrogens is 492 g/mol. The molecule has 2 unspecified atom stereocenters. The van der Waals surface area contributed by atoms with Gasteiger partial charge in [0.05, 0.1) is 22.9 Å². The zero-order valence-electron chi connectivity index (χ0n) is 21.7. The lowest BCUT2D eigenvalue weighted by Crippen LogP contribution is -2.37. The molecule has 2 atom stereocenters. The summed E-state index contributed by atoms with van der Waals surface area (Å²) in [7, 11) is 0. The molecule has 1 heterocycles. The van der Waals surface area contributed by atoms with Gasteiger partial charge >= 0.3 is 0 Å². The third-order valence-corrected chi connectivity index (χ3v) is 6.25. The minimum atomic E-state index is -0.260. The maximum Gasteiger partial charge on any atom is 0.251 e. The topological polar surface area (TPSA) is 105 Å². The molecule has 3 N–H and O–H groups in total. The molecule has 198 valence electrons. The fourth-order valence-electron chi connectivity index (χ4n) is 4.08. The molecule has 3 aromatic rings. The standard InChI is InChI=1S/C28H35ClN4O4/c1-5-33-16-25(32-27(33)19(4)30-17-35)21-8-6-20(7-9-21)14-23(12-13-34)31-28(36)22-10-11-26(24(29)15-22)37-18(2)3/h6-11,15-19,23,34H,5,12-14H2,1-4H3,(H,30,35)(H,31,36). The average molecular weight is 527 g/mol. The number of benzene rings is 2. The second-order valence-corrected chi connectivity index (χ2v) is 9.58. The predicted octanol–water partition coefficient (Wildman–Crippen LogP) is 4.54. The molecule has 0 aliphatic rings. The van der Waals surface area contributed by atoms with Crippen LogP contribution in [0.3, 0.4) is 0 Å². The first-order valence-corrected chi connectivity index (χ1v) is 12.9. The fraction of sp³-hybridized carbons (Fsp3) is 0.393. The molecule has 9 heteroatoms. The molecule has 2 aromatic carbocycles. The van der Waals surface area contributed by atoms with Crippen LogP contribution >= 0.6 is 11.6 Å². The van der Waals surface area contributed by atoms with Crippen LogP contribution in [0.15, 0.2) is 48.7 Å². The third-order valence-electron chi connectivity index (χ3n) is 5.95. The number of carbonyl (C=O) groups excluding carboxylic acids is 2. The van der Waals surface area contributed by atoms with E-state index in [9.17, 15) is 14.7 Å². The van der Waals surface area contributed by atoms with Crippen LogP contribution in [-0.2, 0) is 17.8 Å². The van der Waals surface area contributed by atoms with Crippen LogP contribution in [0.2, 0.25) is 5.02 Å². The van der Waals surface area contributed by atoms with Crippen LogP contribution in [-0.4, -0.2) is 45.7 Å². The fourth-order valence-corrected chi connectivity index (χ4v) is 4.31. The van der Waals surface area contributed by atoms with Crippen LogP contribution in [0.5, 0.6) is 5.75 Å². The second-order valence-electron chi connectivity index (χ2n) is 9.17. The van der Waals surface area contributed by atoms with Gasteiger partial charge in [0, 0.05) is 36.5 Å². The van der Waals surface area contributed by atoms with Crippen LogP contribution in [0.1, 0.15) is 61.9 Å². The van der Waals surface area contributed by atoms with Gasteiger partial charge in [-0.25, -0.2) is 4.98 Å². The zero-order chi connectivity index (χ0) is 26.9. The molecule has 0 radical (unpaired) electrons. The second kappa shape index (κ2) is 13.3. The summed E-state index contributed by atoms with van der Waals surface area (Å²) < 4.78 is 7.66. The Balaban J connectivity index is 1.70. The summed E-state index contributed by atoms with van der Waals surface area (Å²) >= 11 is 6.29. The van der Waals surface area contributed by atoms with Gasteiger partial charge in [-0.2, -0.15) is 0 Å². The molecule has 8 nitrogen and oxygen atoms in total. The molecule has 0 aliphatic carbocycles. The van der Waals surface area contributed by atoms with E-state index in [2.05, 4.69) is 10.6 Å². The predicted molar refractivity (Wildman–Crippen MR) is 145 cm³/mol. The number of rotatable bonds is 13. The van der Waals surface area contributed by atoms with E-state index in [0.29, 0.717) is 35.6 Å². The van der Waals surface area contributed by atoms with E-state index in [1.165, 1.54) is 0 Å². The number of nitrogens with one attached hydrogen (secondary N) is 2. The summed E-state index contributed by atoms with van der Waals surface area (Å²) in [6.45, 7) is 8.44. The Morgan fingerprint density at radius 1 is 1.19 bits per heavy atom. The minimum absolute atomic E-state index is 0.0232. The van der Waals surface area contributed by atoms with E-state index in [4.69, 9.17) is 21.3 Å². The van der Waals surface area contributed by atoms with Gasteiger partial charge in [-0.3, -0.25) is 9.59 Å². The quantitative estimate of drug-likeness (QED) is 0.283. The number of amides is 2. The molecule has 0 bridgehead atoms. The van der Waals surface area contributed by atoms with Crippen molar-refractivity contribution in [2.45, 2.75) is 65.3 Å². The SMILES string of the molecule is CCn1cc(-c2ccc(CC(CCO)NC(=O)c3ccc(OC(C)C)c(Cl)c3)cc2)nc1C(C)NC=O. The van der Waals surface area contributed by atoms with E-state index >= 15 is 0 Å². The number of aromatic nitrogens is 2. The number of aryl methyl sites for hydroxylation is 1. The maximum atomic E-state index is 12.9. The molecule has 3 rings (SSSR count). The van der Waals surface area contributed by atoms with Gasteiger partial charge in [0.25, 0.3) is 5.91 Å². The lowest BCUT2D eigenvalue weighted by molar-refractivity contribution is -0.110.